The van der Waals surface area contributed by atoms with Crippen molar-refractivity contribution in [2.45, 2.75) is 19.8 Å². The molecular weight excluding hydrogens is 134 g/mol. The highest BCUT2D eigenvalue weighted by Gasteiger charge is 2.14. The lowest BCUT2D eigenvalue weighted by Crippen LogP contribution is -2.49. The summed E-state index contributed by atoms with van der Waals surface area (Å²) in [6, 6.07) is 0. The zero-order valence-corrected chi connectivity index (χ0v) is 6.35. The second-order valence-corrected chi connectivity index (χ2v) is 2.84. The lowest BCUT2D eigenvalue weighted by molar-refractivity contribution is -0.700. The second kappa shape index (κ2) is 2.31. The van der Waals surface area contributed by atoms with Gasteiger partial charge in [-0.25, -0.2) is 0 Å². The second-order valence-electron chi connectivity index (χ2n) is 2.23. The molecule has 0 fully saturated rings. The fraction of sp³-hybridized carbons (Fsp3) is 0.600. The molecule has 3 nitrogen and oxygen atoms in total. The number of aromatic nitrogens is 2. The van der Waals surface area contributed by atoms with Crippen molar-refractivity contribution in [1.29, 1.82) is 0 Å². The molecule has 0 bridgehead atoms. The van der Waals surface area contributed by atoms with Crippen molar-refractivity contribution >= 4 is 11.5 Å². The Hall–Kier alpha value is -0.640. The molecule has 0 spiro atoms. The summed E-state index contributed by atoms with van der Waals surface area (Å²) in [7, 11) is 0. The van der Waals surface area contributed by atoms with Gasteiger partial charge in [-0.05, 0) is 0 Å². The van der Waals surface area contributed by atoms with E-state index in [2.05, 4.69) is 18.3 Å². The van der Waals surface area contributed by atoms with Crippen molar-refractivity contribution < 1.29 is 4.79 Å². The van der Waals surface area contributed by atoms with E-state index in [0.29, 0.717) is 5.92 Å². The van der Waals surface area contributed by atoms with Gasteiger partial charge in [-0.3, -0.25) is 0 Å². The summed E-state index contributed by atoms with van der Waals surface area (Å²) in [6.07, 6.45) is 0. The maximum Gasteiger partial charge on any atom is 0.257 e. The van der Waals surface area contributed by atoms with Crippen molar-refractivity contribution in [1.82, 2.24) is 4.49 Å². The van der Waals surface area contributed by atoms with Gasteiger partial charge < -0.3 is 0 Å². The maximum absolute atomic E-state index is 5.46. The predicted octanol–water partition coefficient (Wildman–Crippen LogP) is 0.268. The van der Waals surface area contributed by atoms with Gasteiger partial charge >= 0.3 is 0 Å². The van der Waals surface area contributed by atoms with E-state index in [1.165, 1.54) is 16.3 Å². The number of nitrogen functional groups attached to an aromatic ring is 1. The highest BCUT2D eigenvalue weighted by Crippen LogP contribution is 2.08. The maximum atomic E-state index is 5.46. The number of nitrogens with two attached hydrogens (primary N) is 1. The van der Waals surface area contributed by atoms with Crippen LogP contribution in [0.5, 0.6) is 0 Å². The molecule has 0 unspecified atom stereocenters. The first-order valence-corrected chi connectivity index (χ1v) is 3.67. The van der Waals surface area contributed by atoms with Crippen LogP contribution < -0.4 is 10.6 Å². The van der Waals surface area contributed by atoms with E-state index < -0.39 is 0 Å². The van der Waals surface area contributed by atoms with Crippen LogP contribution in [0.2, 0.25) is 0 Å². The summed E-state index contributed by atoms with van der Waals surface area (Å²) in [4.78, 5) is 1.43. The molecular formula is C5H10N3S+. The average Bonchev–Trinajstić information content (AvgIpc) is 2.13. The summed E-state index contributed by atoms with van der Waals surface area (Å²) >= 11 is 1.38. The van der Waals surface area contributed by atoms with E-state index in [1.54, 1.807) is 0 Å². The quantitative estimate of drug-likeness (QED) is 0.454. The van der Waals surface area contributed by atoms with E-state index in [-0.39, 0.29) is 0 Å². The van der Waals surface area contributed by atoms with Crippen molar-refractivity contribution in [3.05, 3.63) is 11.1 Å². The molecule has 0 saturated carbocycles. The topological polar surface area (TPSA) is 42.8 Å². The Bertz CT molecular complexity index is 194. The monoisotopic (exact) mass is 144 g/mol. The van der Waals surface area contributed by atoms with Crippen molar-refractivity contribution in [2.75, 3.05) is 5.84 Å². The molecule has 4 heteroatoms. The molecule has 1 aromatic heterocycles. The lowest BCUT2D eigenvalue weighted by Gasteiger charge is -1.90. The van der Waals surface area contributed by atoms with Crippen molar-refractivity contribution in [3.8, 4) is 0 Å². The molecule has 0 radical (unpaired) electrons. The largest absolute Gasteiger partial charge is 0.257 e. The molecule has 1 rings (SSSR count). The van der Waals surface area contributed by atoms with Crippen LogP contribution in [0.1, 0.15) is 25.5 Å². The molecule has 9 heavy (non-hydrogen) atoms. The first-order valence-electron chi connectivity index (χ1n) is 2.83. The Balaban J connectivity index is 2.94. The van der Waals surface area contributed by atoms with Gasteiger partial charge in [0.1, 0.15) is 0 Å². The number of rotatable bonds is 1. The van der Waals surface area contributed by atoms with Crippen LogP contribution in [0.4, 0.5) is 0 Å². The van der Waals surface area contributed by atoms with Crippen LogP contribution in [0.15, 0.2) is 5.38 Å². The van der Waals surface area contributed by atoms with E-state index >= 15 is 0 Å². The predicted molar refractivity (Wildman–Crippen MR) is 36.5 cm³/mol. The smallest absolute Gasteiger partial charge is 0.179 e. The number of nitrogens with zero attached hydrogens (tertiary/aromatic N) is 2. The molecule has 0 atom stereocenters. The first kappa shape index (κ1) is 6.48. The molecule has 0 aliphatic carbocycles. The third-order valence-corrected chi connectivity index (χ3v) is 1.78. The van der Waals surface area contributed by atoms with E-state index in [9.17, 15) is 0 Å². The molecule has 1 aromatic rings. The van der Waals surface area contributed by atoms with E-state index in [1.807, 2.05) is 5.38 Å². The van der Waals surface area contributed by atoms with Crippen LogP contribution >= 0.6 is 11.5 Å². The van der Waals surface area contributed by atoms with Gasteiger partial charge in [0.15, 0.2) is 0 Å². The van der Waals surface area contributed by atoms with E-state index in [4.69, 9.17) is 5.84 Å². The van der Waals surface area contributed by atoms with Crippen LogP contribution in [0.25, 0.3) is 0 Å². The van der Waals surface area contributed by atoms with Gasteiger partial charge in [-0.15, -0.1) is 0 Å². The zero-order valence-electron chi connectivity index (χ0n) is 5.53. The van der Waals surface area contributed by atoms with Gasteiger partial charge in [0.25, 0.3) is 5.69 Å². The third-order valence-electron chi connectivity index (χ3n) is 1.16. The minimum Gasteiger partial charge on any atom is -0.179 e. The summed E-state index contributed by atoms with van der Waals surface area (Å²) in [5.74, 6) is 5.92. The normalized spacial score (nSPS) is 10.6. The zero-order chi connectivity index (χ0) is 6.85. The molecule has 0 aliphatic heterocycles. The molecule has 0 amide bonds. The van der Waals surface area contributed by atoms with Gasteiger partial charge in [-0.1, -0.05) is 13.8 Å². The van der Waals surface area contributed by atoms with Gasteiger partial charge in [0.2, 0.25) is 0 Å². The van der Waals surface area contributed by atoms with Crippen LogP contribution in [0, 0.1) is 0 Å². The summed E-state index contributed by atoms with van der Waals surface area (Å²) in [6.45, 7) is 4.18. The van der Waals surface area contributed by atoms with Crippen molar-refractivity contribution in [2.24, 2.45) is 0 Å². The number of hydrogen-bond acceptors (Lipinski definition) is 3. The standard InChI is InChI=1S/C5H10N3S/c1-4(2)5-3-9-7-8(5)6/h3-4H,1-2H3,(H2,6,7)/q+1. The van der Waals surface area contributed by atoms with Gasteiger partial charge in [0.05, 0.1) is 9.87 Å². The Morgan fingerprint density at radius 1 is 1.78 bits per heavy atom. The molecule has 1 heterocycles. The lowest BCUT2D eigenvalue weighted by atomic mass is 10.2. The van der Waals surface area contributed by atoms with Gasteiger partial charge in [0, 0.05) is 22.2 Å². The Kier molecular flexibility index (Phi) is 1.66. The Morgan fingerprint density at radius 2 is 2.44 bits per heavy atom. The molecule has 0 aromatic carbocycles. The van der Waals surface area contributed by atoms with Crippen LogP contribution in [-0.2, 0) is 0 Å². The molecule has 2 N–H and O–H groups in total. The van der Waals surface area contributed by atoms with Crippen LogP contribution in [-0.4, -0.2) is 4.49 Å². The average molecular weight is 144 g/mol. The SMILES string of the molecule is CC(C)c1csn[n+]1N. The minimum atomic E-state index is 0.466. The minimum absolute atomic E-state index is 0.466. The van der Waals surface area contributed by atoms with Gasteiger partial charge in [-0.2, -0.15) is 5.84 Å². The van der Waals surface area contributed by atoms with Crippen molar-refractivity contribution in [3.63, 3.8) is 0 Å². The first-order chi connectivity index (χ1) is 4.22. The summed E-state index contributed by atoms with van der Waals surface area (Å²) in [5.41, 5.74) is 1.08. The summed E-state index contributed by atoms with van der Waals surface area (Å²) in [5, 5.41) is 1.96. The molecule has 0 saturated heterocycles. The fourth-order valence-electron chi connectivity index (χ4n) is 0.630. The Labute approximate surface area is 58.2 Å². The van der Waals surface area contributed by atoms with Crippen LogP contribution in [0.3, 0.4) is 0 Å². The fourth-order valence-corrected chi connectivity index (χ4v) is 1.36. The highest BCUT2D eigenvalue weighted by molar-refractivity contribution is 7.03. The highest BCUT2D eigenvalue weighted by atomic mass is 32.1. The Morgan fingerprint density at radius 3 is 2.67 bits per heavy atom. The summed E-state index contributed by atoms with van der Waals surface area (Å²) < 4.78 is 3.87. The van der Waals surface area contributed by atoms with E-state index in [0.717, 1.165) is 5.69 Å². The molecule has 0 aliphatic rings. The molecule has 50 valence electrons. The third kappa shape index (κ3) is 1.18. The number of hydrogen-bond donors (Lipinski definition) is 1.